The SMILES string of the molecule is CC(C)(C)C1CCN(c2ncc(N)cc2Br)C1. The molecule has 2 heterocycles. The molecule has 0 aromatic carbocycles. The van der Waals surface area contributed by atoms with Crippen LogP contribution in [0.15, 0.2) is 16.7 Å². The maximum atomic E-state index is 5.71. The number of halogens is 1. The quantitative estimate of drug-likeness (QED) is 0.865. The molecule has 3 nitrogen and oxygen atoms in total. The number of rotatable bonds is 1. The van der Waals surface area contributed by atoms with E-state index in [4.69, 9.17) is 5.73 Å². The lowest BCUT2D eigenvalue weighted by atomic mass is 9.80. The fraction of sp³-hybridized carbons (Fsp3) is 0.615. The molecule has 0 saturated carbocycles. The third-order valence-electron chi connectivity index (χ3n) is 3.56. The van der Waals surface area contributed by atoms with E-state index >= 15 is 0 Å². The summed E-state index contributed by atoms with van der Waals surface area (Å²) in [6.45, 7) is 9.10. The molecule has 2 rings (SSSR count). The van der Waals surface area contributed by atoms with Crippen molar-refractivity contribution in [2.45, 2.75) is 27.2 Å². The third-order valence-corrected chi connectivity index (χ3v) is 4.14. The van der Waals surface area contributed by atoms with Crippen LogP contribution in [0.25, 0.3) is 0 Å². The lowest BCUT2D eigenvalue weighted by Crippen LogP contribution is -2.26. The van der Waals surface area contributed by atoms with Gasteiger partial charge in [0.2, 0.25) is 0 Å². The highest BCUT2D eigenvalue weighted by molar-refractivity contribution is 9.10. The lowest BCUT2D eigenvalue weighted by molar-refractivity contribution is 0.263. The van der Waals surface area contributed by atoms with Crippen molar-refractivity contribution in [1.82, 2.24) is 4.98 Å². The van der Waals surface area contributed by atoms with Gasteiger partial charge in [-0.15, -0.1) is 0 Å². The van der Waals surface area contributed by atoms with Gasteiger partial charge < -0.3 is 10.6 Å². The molecule has 0 amide bonds. The maximum absolute atomic E-state index is 5.71. The summed E-state index contributed by atoms with van der Waals surface area (Å²) in [5.74, 6) is 1.75. The van der Waals surface area contributed by atoms with Gasteiger partial charge in [-0.2, -0.15) is 0 Å². The van der Waals surface area contributed by atoms with E-state index in [0.29, 0.717) is 11.1 Å². The standard InChI is InChI=1S/C13H20BrN3/c1-13(2,3)9-4-5-17(8-9)12-11(14)6-10(15)7-16-12/h6-7,9H,4-5,8,15H2,1-3H3. The minimum atomic E-state index is 0.370. The van der Waals surface area contributed by atoms with Gasteiger partial charge in [-0.1, -0.05) is 20.8 Å². The Morgan fingerprint density at radius 1 is 1.47 bits per heavy atom. The van der Waals surface area contributed by atoms with Gasteiger partial charge in [0.15, 0.2) is 0 Å². The molecule has 1 aromatic heterocycles. The molecule has 2 N–H and O–H groups in total. The molecule has 0 radical (unpaired) electrons. The van der Waals surface area contributed by atoms with Crippen LogP contribution in [-0.4, -0.2) is 18.1 Å². The topological polar surface area (TPSA) is 42.2 Å². The Hall–Kier alpha value is -0.770. The number of anilines is 2. The molecule has 1 aliphatic rings. The normalized spacial score (nSPS) is 20.9. The summed E-state index contributed by atoms with van der Waals surface area (Å²) in [6, 6.07) is 1.92. The largest absolute Gasteiger partial charge is 0.397 e. The Balaban J connectivity index is 2.15. The van der Waals surface area contributed by atoms with Crippen molar-refractivity contribution in [3.63, 3.8) is 0 Å². The molecule has 0 bridgehead atoms. The zero-order valence-corrected chi connectivity index (χ0v) is 12.3. The van der Waals surface area contributed by atoms with Crippen molar-refractivity contribution >= 4 is 27.4 Å². The van der Waals surface area contributed by atoms with Gasteiger partial charge in [0, 0.05) is 13.1 Å². The summed E-state index contributed by atoms with van der Waals surface area (Å²) in [5, 5.41) is 0. The van der Waals surface area contributed by atoms with E-state index in [0.717, 1.165) is 29.3 Å². The molecular weight excluding hydrogens is 278 g/mol. The zero-order valence-electron chi connectivity index (χ0n) is 10.7. The van der Waals surface area contributed by atoms with Crippen LogP contribution in [0.1, 0.15) is 27.2 Å². The first-order valence-electron chi connectivity index (χ1n) is 6.04. The molecule has 0 aliphatic carbocycles. The Morgan fingerprint density at radius 2 is 2.18 bits per heavy atom. The summed E-state index contributed by atoms with van der Waals surface area (Å²) in [4.78, 5) is 6.78. The van der Waals surface area contributed by atoms with Crippen molar-refractivity contribution in [2.24, 2.45) is 11.3 Å². The smallest absolute Gasteiger partial charge is 0.143 e. The average Bonchev–Trinajstić information content (AvgIpc) is 2.65. The molecule has 1 aromatic rings. The fourth-order valence-corrected chi connectivity index (χ4v) is 2.96. The van der Waals surface area contributed by atoms with Gasteiger partial charge in [0.25, 0.3) is 0 Å². The predicted molar refractivity (Wildman–Crippen MR) is 76.1 cm³/mol. The molecule has 1 saturated heterocycles. The van der Waals surface area contributed by atoms with Crippen LogP contribution in [0.4, 0.5) is 11.5 Å². The summed E-state index contributed by atoms with van der Waals surface area (Å²) in [6.07, 6.45) is 2.96. The van der Waals surface area contributed by atoms with E-state index in [2.05, 4.69) is 46.6 Å². The second-order valence-corrected chi connectivity index (χ2v) is 6.73. The van der Waals surface area contributed by atoms with E-state index in [1.165, 1.54) is 6.42 Å². The van der Waals surface area contributed by atoms with Gasteiger partial charge in [0.05, 0.1) is 16.4 Å². The Bertz CT molecular complexity index is 412. The van der Waals surface area contributed by atoms with E-state index in [-0.39, 0.29) is 0 Å². The van der Waals surface area contributed by atoms with Crippen molar-refractivity contribution in [3.05, 3.63) is 16.7 Å². The number of aromatic nitrogens is 1. The first-order chi connectivity index (χ1) is 7.88. The Labute approximate surface area is 112 Å². The van der Waals surface area contributed by atoms with Crippen molar-refractivity contribution in [1.29, 1.82) is 0 Å². The summed E-state index contributed by atoms with van der Waals surface area (Å²) >= 11 is 3.54. The monoisotopic (exact) mass is 297 g/mol. The Morgan fingerprint density at radius 3 is 2.71 bits per heavy atom. The highest BCUT2D eigenvalue weighted by Gasteiger charge is 2.32. The molecule has 1 unspecified atom stereocenters. The van der Waals surface area contributed by atoms with Crippen LogP contribution in [0, 0.1) is 11.3 Å². The van der Waals surface area contributed by atoms with Crippen LogP contribution in [-0.2, 0) is 0 Å². The van der Waals surface area contributed by atoms with Gasteiger partial charge in [-0.05, 0) is 39.8 Å². The van der Waals surface area contributed by atoms with Gasteiger partial charge in [0.1, 0.15) is 5.82 Å². The first kappa shape index (κ1) is 12.7. The van der Waals surface area contributed by atoms with Gasteiger partial charge in [-0.3, -0.25) is 0 Å². The van der Waals surface area contributed by atoms with E-state index in [1.54, 1.807) is 6.20 Å². The van der Waals surface area contributed by atoms with Crippen molar-refractivity contribution < 1.29 is 0 Å². The summed E-state index contributed by atoms with van der Waals surface area (Å²) < 4.78 is 0.993. The van der Waals surface area contributed by atoms with Crippen LogP contribution in [0.2, 0.25) is 0 Å². The zero-order chi connectivity index (χ0) is 12.6. The van der Waals surface area contributed by atoms with Gasteiger partial charge >= 0.3 is 0 Å². The lowest BCUT2D eigenvalue weighted by Gasteiger charge is -2.27. The third kappa shape index (κ3) is 2.73. The number of nitrogen functional groups attached to an aromatic ring is 1. The van der Waals surface area contributed by atoms with Gasteiger partial charge in [-0.25, -0.2) is 4.98 Å². The summed E-state index contributed by atoms with van der Waals surface area (Å²) in [7, 11) is 0. The molecule has 1 atom stereocenters. The minimum Gasteiger partial charge on any atom is -0.397 e. The van der Waals surface area contributed by atoms with Crippen molar-refractivity contribution in [3.8, 4) is 0 Å². The number of hydrogen-bond acceptors (Lipinski definition) is 3. The highest BCUT2D eigenvalue weighted by atomic mass is 79.9. The molecule has 17 heavy (non-hydrogen) atoms. The van der Waals surface area contributed by atoms with Crippen LogP contribution >= 0.6 is 15.9 Å². The van der Waals surface area contributed by atoms with Crippen LogP contribution in [0.3, 0.4) is 0 Å². The number of pyridine rings is 1. The highest BCUT2D eigenvalue weighted by Crippen LogP contribution is 2.37. The van der Waals surface area contributed by atoms with Crippen molar-refractivity contribution in [2.75, 3.05) is 23.7 Å². The number of nitrogens with zero attached hydrogens (tertiary/aromatic N) is 2. The van der Waals surface area contributed by atoms with E-state index in [9.17, 15) is 0 Å². The van der Waals surface area contributed by atoms with Crippen LogP contribution in [0.5, 0.6) is 0 Å². The fourth-order valence-electron chi connectivity index (χ4n) is 2.34. The molecule has 0 spiro atoms. The molecule has 94 valence electrons. The molecule has 1 aliphatic heterocycles. The molecule has 4 heteroatoms. The second kappa shape index (κ2) is 4.48. The molecule has 1 fully saturated rings. The minimum absolute atomic E-state index is 0.370. The van der Waals surface area contributed by atoms with E-state index < -0.39 is 0 Å². The first-order valence-corrected chi connectivity index (χ1v) is 6.83. The van der Waals surface area contributed by atoms with Crippen LogP contribution < -0.4 is 10.6 Å². The predicted octanol–water partition coefficient (Wildman–Crippen LogP) is 3.30. The number of nitrogens with two attached hydrogens (primary N) is 1. The number of hydrogen-bond donors (Lipinski definition) is 1. The maximum Gasteiger partial charge on any atom is 0.143 e. The molecular formula is C13H20BrN3. The second-order valence-electron chi connectivity index (χ2n) is 5.87. The Kier molecular flexibility index (Phi) is 3.34. The van der Waals surface area contributed by atoms with E-state index in [1.807, 2.05) is 6.07 Å². The average molecular weight is 298 g/mol. The summed E-state index contributed by atoms with van der Waals surface area (Å²) in [5.41, 5.74) is 6.78.